The maximum absolute atomic E-state index is 2.46. The maximum Gasteiger partial charge on any atom is 0.0622 e. The number of hydrogen-bond acceptors (Lipinski definition) is 3. The van der Waals surface area contributed by atoms with Gasteiger partial charge in [-0.05, 0) is 55.4 Å². The molecule has 0 nitrogen and oxygen atoms in total. The van der Waals surface area contributed by atoms with Gasteiger partial charge in [-0.25, -0.2) is 0 Å². The minimum absolute atomic E-state index is 0.427. The molecule has 3 saturated heterocycles. The van der Waals surface area contributed by atoms with Crippen molar-refractivity contribution in [2.45, 2.75) is 83.9 Å². The highest BCUT2D eigenvalue weighted by Gasteiger charge is 2.96. The van der Waals surface area contributed by atoms with Gasteiger partial charge in [0.25, 0.3) is 0 Å². The fraction of sp³-hybridized carbons (Fsp3) is 1.00. The molecule has 3 fully saturated rings. The monoisotopic (exact) mass is 288 g/mol. The zero-order chi connectivity index (χ0) is 13.1. The van der Waals surface area contributed by atoms with E-state index in [4.69, 9.17) is 0 Å². The van der Waals surface area contributed by atoms with Crippen LogP contribution in [-0.4, -0.2) is 28.5 Å². The molecule has 0 unspecified atom stereocenters. The molecule has 0 saturated carbocycles. The Bertz CT molecular complexity index is 338. The Kier molecular flexibility index (Phi) is 2.10. The summed E-state index contributed by atoms with van der Waals surface area (Å²) < 4.78 is 2.67. The summed E-state index contributed by atoms with van der Waals surface area (Å²) in [6, 6.07) is 0. The van der Waals surface area contributed by atoms with Crippen molar-refractivity contribution in [1.29, 1.82) is 0 Å². The van der Waals surface area contributed by atoms with Crippen molar-refractivity contribution in [3.63, 3.8) is 0 Å². The van der Waals surface area contributed by atoms with Gasteiger partial charge in [-0.1, -0.05) is 0 Å². The summed E-state index contributed by atoms with van der Waals surface area (Å²) in [5.41, 5.74) is 0. The Balaban J connectivity index is 2.10. The predicted octanol–water partition coefficient (Wildman–Crippen LogP) is 4.82. The lowest BCUT2D eigenvalue weighted by atomic mass is 9.63. The van der Waals surface area contributed by atoms with Crippen LogP contribution in [0.2, 0.25) is 0 Å². The van der Waals surface area contributed by atoms with Crippen LogP contribution in [0.15, 0.2) is 0 Å². The molecular weight excluding hydrogens is 264 g/mol. The average Bonchev–Trinajstić information content (AvgIpc) is 2.72. The van der Waals surface area contributed by atoms with E-state index in [1.165, 1.54) is 0 Å². The van der Waals surface area contributed by atoms with Crippen LogP contribution in [0.4, 0.5) is 0 Å². The first-order valence-electron chi connectivity index (χ1n) is 6.47. The van der Waals surface area contributed by atoms with Gasteiger partial charge in [0.2, 0.25) is 0 Å². The van der Waals surface area contributed by atoms with Crippen molar-refractivity contribution in [2.75, 3.05) is 0 Å². The molecule has 2 spiro atoms. The molecule has 3 aliphatic heterocycles. The summed E-state index contributed by atoms with van der Waals surface area (Å²) in [5, 5.41) is 0. The lowest BCUT2D eigenvalue weighted by molar-refractivity contribution is 0.239. The van der Waals surface area contributed by atoms with Crippen LogP contribution < -0.4 is 0 Å². The molecule has 0 aromatic heterocycles. The smallest absolute Gasteiger partial charge is 0.0622 e. The van der Waals surface area contributed by atoms with E-state index < -0.39 is 0 Å². The number of hydrogen-bond donors (Lipinski definition) is 0. The van der Waals surface area contributed by atoms with Gasteiger partial charge < -0.3 is 0 Å². The quantitative estimate of drug-likeness (QED) is 0.587. The zero-order valence-electron chi connectivity index (χ0n) is 12.2. The molecule has 17 heavy (non-hydrogen) atoms. The van der Waals surface area contributed by atoms with Crippen molar-refractivity contribution < 1.29 is 0 Å². The minimum Gasteiger partial charge on any atom is -0.146 e. The summed E-state index contributed by atoms with van der Waals surface area (Å²) in [4.78, 5) is 0. The molecule has 0 aromatic carbocycles. The van der Waals surface area contributed by atoms with Gasteiger partial charge in [-0.15, -0.1) is 35.3 Å². The van der Waals surface area contributed by atoms with Crippen molar-refractivity contribution in [3.8, 4) is 0 Å². The Labute approximate surface area is 119 Å². The molecule has 0 radical (unpaired) electrons. The highest BCUT2D eigenvalue weighted by molar-refractivity contribution is 8.20. The fourth-order valence-corrected chi connectivity index (χ4v) is 13.4. The van der Waals surface area contributed by atoms with Gasteiger partial charge in [-0.3, -0.25) is 0 Å². The second-order valence-electron chi connectivity index (χ2n) is 7.71. The first kappa shape index (κ1) is 13.1. The molecule has 3 aliphatic rings. The highest BCUT2D eigenvalue weighted by Crippen LogP contribution is 2.95. The summed E-state index contributed by atoms with van der Waals surface area (Å²) in [7, 11) is 0. The van der Waals surface area contributed by atoms with Crippen LogP contribution in [0.5, 0.6) is 0 Å². The summed E-state index contributed by atoms with van der Waals surface area (Å²) in [6.07, 6.45) is 0. The largest absolute Gasteiger partial charge is 0.146 e. The molecule has 0 amide bonds. The predicted molar refractivity (Wildman–Crippen MR) is 84.6 cm³/mol. The molecule has 0 atom stereocenters. The Morgan fingerprint density at radius 3 is 0.765 bits per heavy atom. The lowest BCUT2D eigenvalue weighted by Crippen LogP contribution is -2.76. The van der Waals surface area contributed by atoms with Gasteiger partial charge in [0.15, 0.2) is 0 Å². The van der Waals surface area contributed by atoms with Gasteiger partial charge in [-0.2, -0.15) is 0 Å². The van der Waals surface area contributed by atoms with E-state index in [0.717, 1.165) is 0 Å². The van der Waals surface area contributed by atoms with E-state index in [0.29, 0.717) is 28.5 Å². The number of rotatable bonds is 0. The maximum atomic E-state index is 2.46. The van der Waals surface area contributed by atoms with Gasteiger partial charge in [0, 0.05) is 19.0 Å². The van der Waals surface area contributed by atoms with Crippen molar-refractivity contribution >= 4 is 35.3 Å². The fourth-order valence-electron chi connectivity index (χ4n) is 5.31. The van der Waals surface area contributed by atoms with Crippen LogP contribution in [0, 0.1) is 0 Å². The number of fused-ring (bicyclic) bond motifs is 1. The second kappa shape index (κ2) is 2.74. The minimum atomic E-state index is 0.427. The third kappa shape index (κ3) is 1.00. The van der Waals surface area contributed by atoms with Crippen LogP contribution in [0.25, 0.3) is 0 Å². The summed E-state index contributed by atoms with van der Waals surface area (Å²) in [5.74, 6) is 0. The SMILES string of the molecule is CC1(C)SC(C)(C)C12SC21C(C)(C)SC1(C)C. The molecule has 3 heterocycles. The molecule has 0 aliphatic carbocycles. The third-order valence-electron chi connectivity index (χ3n) is 5.17. The molecule has 3 rings (SSSR count). The highest BCUT2D eigenvalue weighted by atomic mass is 32.2. The van der Waals surface area contributed by atoms with Crippen LogP contribution >= 0.6 is 35.3 Å². The normalized spacial score (nSPS) is 39.5. The summed E-state index contributed by atoms with van der Waals surface area (Å²) in [6.45, 7) is 19.7. The topological polar surface area (TPSA) is 0 Å². The van der Waals surface area contributed by atoms with E-state index in [1.54, 1.807) is 0 Å². The van der Waals surface area contributed by atoms with E-state index >= 15 is 0 Å². The Hall–Kier alpha value is 1.05. The molecule has 98 valence electrons. The van der Waals surface area contributed by atoms with Crippen molar-refractivity contribution in [1.82, 2.24) is 0 Å². The molecular formula is C14H24S3. The molecule has 0 N–H and O–H groups in total. The van der Waals surface area contributed by atoms with Crippen LogP contribution in [0.1, 0.15) is 55.4 Å². The van der Waals surface area contributed by atoms with Gasteiger partial charge in [0.05, 0.1) is 9.49 Å². The third-order valence-corrected chi connectivity index (χ3v) is 12.0. The van der Waals surface area contributed by atoms with Gasteiger partial charge in [0.1, 0.15) is 0 Å². The van der Waals surface area contributed by atoms with Gasteiger partial charge >= 0.3 is 0 Å². The van der Waals surface area contributed by atoms with Crippen LogP contribution in [-0.2, 0) is 0 Å². The lowest BCUT2D eigenvalue weighted by Gasteiger charge is -2.67. The standard InChI is InChI=1S/C14H24S3/c1-9(2)13(10(3,4)15-9)14(17-13)11(5,6)16-12(14,7)8/h1-8H3. The molecule has 0 bridgehead atoms. The number of thioether (sulfide) groups is 3. The molecule has 3 heteroatoms. The first-order chi connectivity index (χ1) is 7.37. The Morgan fingerprint density at radius 1 is 0.412 bits per heavy atom. The summed E-state index contributed by atoms with van der Waals surface area (Å²) >= 11 is 6.66. The van der Waals surface area contributed by atoms with E-state index in [9.17, 15) is 0 Å². The second-order valence-corrected chi connectivity index (χ2v) is 13.6. The van der Waals surface area contributed by atoms with Crippen molar-refractivity contribution in [2.24, 2.45) is 0 Å². The van der Waals surface area contributed by atoms with E-state index in [1.807, 2.05) is 0 Å². The Morgan fingerprint density at radius 2 is 0.647 bits per heavy atom. The van der Waals surface area contributed by atoms with E-state index in [-0.39, 0.29) is 0 Å². The van der Waals surface area contributed by atoms with Crippen LogP contribution in [0.3, 0.4) is 0 Å². The molecule has 0 aromatic rings. The van der Waals surface area contributed by atoms with Crippen molar-refractivity contribution in [3.05, 3.63) is 0 Å². The average molecular weight is 289 g/mol. The van der Waals surface area contributed by atoms with E-state index in [2.05, 4.69) is 90.7 Å². The first-order valence-corrected chi connectivity index (χ1v) is 8.92. The zero-order valence-corrected chi connectivity index (χ0v) is 14.7.